The van der Waals surface area contributed by atoms with Crippen molar-refractivity contribution in [1.29, 1.82) is 0 Å². The van der Waals surface area contributed by atoms with Crippen molar-refractivity contribution in [2.45, 2.75) is 103 Å². The van der Waals surface area contributed by atoms with Crippen LogP contribution in [-0.2, 0) is 13.9 Å². The maximum Gasteiger partial charge on any atom is 0.265 e. The lowest BCUT2D eigenvalue weighted by Crippen LogP contribution is -2.27. The minimum Gasteiger partial charge on any atom is -0.756 e. The van der Waals surface area contributed by atoms with Crippen molar-refractivity contribution in [2.24, 2.45) is 0 Å². The summed E-state index contributed by atoms with van der Waals surface area (Å²) in [6.45, 7) is 2.09. The first kappa shape index (κ1) is 27.3. The summed E-state index contributed by atoms with van der Waals surface area (Å²) in [4.78, 5) is 30.3. The molecular weight excluding hydrogens is 377 g/mol. The van der Waals surface area contributed by atoms with Gasteiger partial charge < -0.3 is 19.6 Å². The molecule has 28 heavy (non-hydrogen) atoms. The molecule has 1 amide bonds. The lowest BCUT2D eigenvalue weighted by atomic mass is 10.1. The molecular formula is C21H41NO5P-. The van der Waals surface area contributed by atoms with Crippen LogP contribution in [0, 0.1) is 0 Å². The van der Waals surface area contributed by atoms with E-state index in [0.29, 0.717) is 6.42 Å². The molecule has 0 heterocycles. The molecule has 0 aromatic carbocycles. The summed E-state index contributed by atoms with van der Waals surface area (Å²) >= 11 is 0. The Kier molecular flexibility index (Phi) is 19.2. The first-order valence-electron chi connectivity index (χ1n) is 11.1. The molecule has 6 nitrogen and oxygen atoms in total. The number of phosphoric acid groups is 1. The number of unbranched alkanes of at least 4 members (excludes halogenated alkanes) is 12. The van der Waals surface area contributed by atoms with Gasteiger partial charge in [0.05, 0.1) is 6.61 Å². The third-order valence-corrected chi connectivity index (χ3v) is 5.10. The molecule has 0 aromatic rings. The van der Waals surface area contributed by atoms with Crippen molar-refractivity contribution in [3.63, 3.8) is 0 Å². The molecule has 0 aromatic heterocycles. The maximum absolute atomic E-state index is 11.5. The second kappa shape index (κ2) is 19.6. The van der Waals surface area contributed by atoms with Gasteiger partial charge in [0.1, 0.15) is 0 Å². The summed E-state index contributed by atoms with van der Waals surface area (Å²) in [6, 6.07) is 0. The second-order valence-corrected chi connectivity index (χ2v) is 8.53. The van der Waals surface area contributed by atoms with Gasteiger partial charge in [-0.3, -0.25) is 9.36 Å². The van der Waals surface area contributed by atoms with E-state index in [4.69, 9.17) is 4.89 Å². The molecule has 0 saturated heterocycles. The van der Waals surface area contributed by atoms with Crippen LogP contribution in [0.4, 0.5) is 0 Å². The van der Waals surface area contributed by atoms with Crippen molar-refractivity contribution >= 4 is 13.7 Å². The van der Waals surface area contributed by atoms with Crippen LogP contribution in [0.2, 0.25) is 0 Å². The number of rotatable bonds is 20. The zero-order valence-electron chi connectivity index (χ0n) is 17.7. The largest absolute Gasteiger partial charge is 0.756 e. The first-order valence-corrected chi connectivity index (χ1v) is 12.6. The highest BCUT2D eigenvalue weighted by atomic mass is 31.2. The molecule has 0 saturated carbocycles. The first-order chi connectivity index (χ1) is 13.5. The van der Waals surface area contributed by atoms with Crippen LogP contribution in [0.3, 0.4) is 0 Å². The number of hydrogen-bond donors (Lipinski definition) is 2. The van der Waals surface area contributed by atoms with Gasteiger partial charge >= 0.3 is 0 Å². The predicted molar refractivity (Wildman–Crippen MR) is 113 cm³/mol. The van der Waals surface area contributed by atoms with Crippen molar-refractivity contribution in [2.75, 3.05) is 13.2 Å². The molecule has 0 radical (unpaired) electrons. The van der Waals surface area contributed by atoms with E-state index >= 15 is 0 Å². The predicted octanol–water partition coefficient (Wildman–Crippen LogP) is 5.01. The smallest absolute Gasteiger partial charge is 0.265 e. The van der Waals surface area contributed by atoms with Gasteiger partial charge in [-0.05, 0) is 32.1 Å². The van der Waals surface area contributed by atoms with Gasteiger partial charge in [-0.15, -0.1) is 0 Å². The highest BCUT2D eigenvalue weighted by Gasteiger charge is 2.03. The molecule has 0 rings (SSSR count). The van der Waals surface area contributed by atoms with Crippen LogP contribution < -0.4 is 10.2 Å². The van der Waals surface area contributed by atoms with Crippen LogP contribution in [0.5, 0.6) is 0 Å². The van der Waals surface area contributed by atoms with E-state index in [1.54, 1.807) is 0 Å². The van der Waals surface area contributed by atoms with Gasteiger partial charge in [0.25, 0.3) is 7.82 Å². The molecule has 0 aliphatic rings. The monoisotopic (exact) mass is 418 g/mol. The van der Waals surface area contributed by atoms with Gasteiger partial charge in [-0.2, -0.15) is 0 Å². The molecule has 0 aliphatic carbocycles. The SMILES string of the molecule is CCCCCCCC/C=C/CCCCCCCCC(=O)NCCOP(=O)([O-])O. The molecule has 1 atom stereocenters. The third kappa shape index (κ3) is 23.4. The zero-order valence-corrected chi connectivity index (χ0v) is 18.6. The highest BCUT2D eigenvalue weighted by molar-refractivity contribution is 7.44. The molecule has 0 fully saturated rings. The van der Waals surface area contributed by atoms with Crippen LogP contribution in [0.25, 0.3) is 0 Å². The zero-order chi connectivity index (χ0) is 20.9. The molecule has 1 unspecified atom stereocenters. The second-order valence-electron chi connectivity index (χ2n) is 7.34. The van der Waals surface area contributed by atoms with Gasteiger partial charge in [0, 0.05) is 13.0 Å². The maximum atomic E-state index is 11.5. The normalized spacial score (nSPS) is 13.7. The summed E-state index contributed by atoms with van der Waals surface area (Å²) in [6.07, 6.45) is 22.3. The molecule has 0 spiro atoms. The van der Waals surface area contributed by atoms with Gasteiger partial charge in [-0.25, -0.2) is 0 Å². The van der Waals surface area contributed by atoms with E-state index < -0.39 is 7.82 Å². The van der Waals surface area contributed by atoms with Crippen molar-refractivity contribution in [3.8, 4) is 0 Å². The van der Waals surface area contributed by atoms with Crippen molar-refractivity contribution in [3.05, 3.63) is 12.2 Å². The fourth-order valence-corrected chi connectivity index (χ4v) is 3.29. The molecule has 0 aliphatic heterocycles. The Labute approximate surface area is 171 Å². The van der Waals surface area contributed by atoms with Gasteiger partial charge in [-0.1, -0.05) is 76.9 Å². The number of amides is 1. The van der Waals surface area contributed by atoms with Crippen LogP contribution in [-0.4, -0.2) is 24.0 Å². The number of carbonyl (C=O) groups excluding carboxylic acids is 1. The average Bonchev–Trinajstić information content (AvgIpc) is 2.64. The number of nitrogens with one attached hydrogen (secondary N) is 1. The topological polar surface area (TPSA) is 98.7 Å². The standard InChI is InChI=1S/C21H42NO5P/c1-2-3-4-5-6-7-8-9-10-11-12-13-14-15-16-17-18-21(23)22-19-20-27-28(24,25)26/h9-10H,2-8,11-20H2,1H3,(H,22,23)(H2,24,25,26)/p-1/b10-9+. The molecule has 0 bridgehead atoms. The summed E-state index contributed by atoms with van der Waals surface area (Å²) in [5.74, 6) is -0.113. The molecule has 7 heteroatoms. The molecule has 166 valence electrons. The number of carbonyl (C=O) groups is 1. The van der Waals surface area contributed by atoms with Gasteiger partial charge in [0.2, 0.25) is 5.91 Å². The number of phosphoric ester groups is 1. The summed E-state index contributed by atoms with van der Waals surface area (Å²) in [7, 11) is -4.69. The summed E-state index contributed by atoms with van der Waals surface area (Å²) < 4.78 is 14.5. The lowest BCUT2D eigenvalue weighted by Gasteiger charge is -2.15. The van der Waals surface area contributed by atoms with Crippen molar-refractivity contribution < 1.29 is 23.7 Å². The van der Waals surface area contributed by atoms with E-state index in [0.717, 1.165) is 19.3 Å². The minimum atomic E-state index is -4.69. The minimum absolute atomic E-state index is 0.0813. The lowest BCUT2D eigenvalue weighted by molar-refractivity contribution is -0.219. The van der Waals surface area contributed by atoms with Crippen molar-refractivity contribution in [1.82, 2.24) is 5.32 Å². The van der Waals surface area contributed by atoms with E-state index in [1.807, 2.05) is 0 Å². The van der Waals surface area contributed by atoms with Crippen LogP contribution >= 0.6 is 7.82 Å². The Morgan fingerprint density at radius 2 is 1.43 bits per heavy atom. The van der Waals surface area contributed by atoms with E-state index in [9.17, 15) is 14.3 Å². The average molecular weight is 419 g/mol. The highest BCUT2D eigenvalue weighted by Crippen LogP contribution is 2.29. The number of allylic oxidation sites excluding steroid dienone is 2. The van der Waals surface area contributed by atoms with Crippen LogP contribution in [0.15, 0.2) is 12.2 Å². The Morgan fingerprint density at radius 1 is 0.929 bits per heavy atom. The van der Waals surface area contributed by atoms with Crippen LogP contribution in [0.1, 0.15) is 103 Å². The Hall–Kier alpha value is -0.680. The Bertz CT molecular complexity index is 437. The Balaban J connectivity index is 3.25. The molecule has 2 N–H and O–H groups in total. The van der Waals surface area contributed by atoms with E-state index in [1.165, 1.54) is 70.6 Å². The quantitative estimate of drug-likeness (QED) is 0.165. The summed E-state index contributed by atoms with van der Waals surface area (Å²) in [5.41, 5.74) is 0. The fourth-order valence-electron chi connectivity index (χ4n) is 2.97. The Morgan fingerprint density at radius 3 is 1.96 bits per heavy atom. The number of hydrogen-bond acceptors (Lipinski definition) is 4. The van der Waals surface area contributed by atoms with E-state index in [-0.39, 0.29) is 19.1 Å². The van der Waals surface area contributed by atoms with E-state index in [2.05, 4.69) is 28.9 Å². The third-order valence-electron chi connectivity index (χ3n) is 4.59. The van der Waals surface area contributed by atoms with Gasteiger partial charge in [0.15, 0.2) is 0 Å². The summed E-state index contributed by atoms with van der Waals surface area (Å²) in [5, 5.41) is 2.56. The fraction of sp³-hybridized carbons (Fsp3) is 0.857.